The SMILES string of the molecule is COCC=O.[H-].[K+]. The molecule has 0 aromatic carbocycles. The van der Waals surface area contributed by atoms with Crippen LogP contribution in [0.1, 0.15) is 1.43 Å². The third-order valence-corrected chi connectivity index (χ3v) is 0.235. The molecule has 0 fully saturated rings. The fourth-order valence-electron chi connectivity index (χ4n) is 0.0680. The molecule has 0 rings (SSSR count). The number of carbonyl (C=O) groups is 1. The number of hydrogen-bond acceptors (Lipinski definition) is 2. The van der Waals surface area contributed by atoms with Gasteiger partial charge >= 0.3 is 51.4 Å². The minimum atomic E-state index is 0. The van der Waals surface area contributed by atoms with E-state index in [2.05, 4.69) is 4.74 Å². The minimum Gasteiger partial charge on any atom is -1.00 e. The summed E-state index contributed by atoms with van der Waals surface area (Å²) in [5.41, 5.74) is 0. The number of ether oxygens (including phenoxy) is 1. The zero-order chi connectivity index (χ0) is 4.12. The van der Waals surface area contributed by atoms with Gasteiger partial charge in [0, 0.05) is 7.11 Å². The van der Waals surface area contributed by atoms with E-state index in [-0.39, 0.29) is 59.4 Å². The predicted octanol–water partition coefficient (Wildman–Crippen LogP) is -3.05. The van der Waals surface area contributed by atoms with E-state index in [1.807, 2.05) is 0 Å². The number of hydrogen-bond donors (Lipinski definition) is 0. The van der Waals surface area contributed by atoms with Gasteiger partial charge in [0.25, 0.3) is 0 Å². The predicted molar refractivity (Wildman–Crippen MR) is 19.1 cm³/mol. The second-order valence-electron chi connectivity index (χ2n) is 0.622. The van der Waals surface area contributed by atoms with E-state index >= 15 is 0 Å². The van der Waals surface area contributed by atoms with Crippen molar-refractivity contribution in [2.24, 2.45) is 0 Å². The van der Waals surface area contributed by atoms with E-state index < -0.39 is 0 Å². The number of carbonyl (C=O) groups excluding carboxylic acids is 1. The fourth-order valence-corrected chi connectivity index (χ4v) is 0.0680. The fraction of sp³-hybridized carbons (Fsp3) is 0.667. The van der Waals surface area contributed by atoms with Gasteiger partial charge in [-0.1, -0.05) is 0 Å². The molecule has 0 aromatic rings. The monoisotopic (exact) mass is 114 g/mol. The van der Waals surface area contributed by atoms with Crippen molar-refractivity contribution in [1.29, 1.82) is 0 Å². The third kappa shape index (κ3) is 8.98. The van der Waals surface area contributed by atoms with Crippen molar-refractivity contribution in [3.63, 3.8) is 0 Å². The molecule has 0 N–H and O–H groups in total. The van der Waals surface area contributed by atoms with Gasteiger partial charge in [0.05, 0.1) is 0 Å². The number of aldehydes is 1. The molecule has 0 aliphatic rings. The van der Waals surface area contributed by atoms with E-state index in [0.29, 0.717) is 6.29 Å². The van der Waals surface area contributed by atoms with Gasteiger partial charge in [0.15, 0.2) is 0 Å². The van der Waals surface area contributed by atoms with Crippen LogP contribution in [0.2, 0.25) is 0 Å². The molecule has 32 valence electrons. The average Bonchev–Trinajstić information content (AvgIpc) is 1.41. The Kier molecular flexibility index (Phi) is 16.4. The van der Waals surface area contributed by atoms with Gasteiger partial charge in [-0.25, -0.2) is 0 Å². The van der Waals surface area contributed by atoms with Gasteiger partial charge in [-0.3, -0.25) is 0 Å². The molecule has 2 nitrogen and oxygen atoms in total. The normalized spacial score (nSPS) is 6.17. The van der Waals surface area contributed by atoms with Gasteiger partial charge in [0.1, 0.15) is 12.9 Å². The molecular formula is C3H7KO2. The summed E-state index contributed by atoms with van der Waals surface area (Å²) < 4.78 is 4.32. The maximum Gasteiger partial charge on any atom is 1.00 e. The Hall–Kier alpha value is 1.27. The van der Waals surface area contributed by atoms with Crippen LogP contribution >= 0.6 is 0 Å². The molecule has 6 heavy (non-hydrogen) atoms. The van der Waals surface area contributed by atoms with Crippen LogP contribution in [0.4, 0.5) is 0 Å². The third-order valence-electron chi connectivity index (χ3n) is 0.235. The van der Waals surface area contributed by atoms with E-state index in [1.165, 1.54) is 7.11 Å². The second-order valence-corrected chi connectivity index (χ2v) is 0.622. The second kappa shape index (κ2) is 9.55. The first-order valence-corrected chi connectivity index (χ1v) is 1.34. The Balaban J connectivity index is -0.0000000800. The van der Waals surface area contributed by atoms with Crippen molar-refractivity contribution < 1.29 is 62.3 Å². The molecule has 0 heterocycles. The van der Waals surface area contributed by atoms with Crippen molar-refractivity contribution >= 4 is 6.29 Å². The molecule has 0 bridgehead atoms. The zero-order valence-corrected chi connectivity index (χ0v) is 7.22. The Morgan fingerprint density at radius 1 is 2.00 bits per heavy atom. The smallest absolute Gasteiger partial charge is 1.00 e. The molecule has 0 radical (unpaired) electrons. The van der Waals surface area contributed by atoms with E-state index in [4.69, 9.17) is 0 Å². The Labute approximate surface area is 81.2 Å². The summed E-state index contributed by atoms with van der Waals surface area (Å²) in [4.78, 5) is 9.28. The van der Waals surface area contributed by atoms with Gasteiger partial charge in [-0.05, 0) is 0 Å². The topological polar surface area (TPSA) is 26.3 Å². The van der Waals surface area contributed by atoms with Crippen molar-refractivity contribution in [3.05, 3.63) is 0 Å². The molecule has 0 spiro atoms. The van der Waals surface area contributed by atoms with Gasteiger partial charge in [-0.15, -0.1) is 0 Å². The summed E-state index contributed by atoms with van der Waals surface area (Å²) in [6, 6.07) is 0. The molecule has 0 amide bonds. The van der Waals surface area contributed by atoms with E-state index in [1.54, 1.807) is 0 Å². The van der Waals surface area contributed by atoms with Gasteiger partial charge in [0.2, 0.25) is 0 Å². The Bertz CT molecular complexity index is 34.1. The number of rotatable bonds is 2. The van der Waals surface area contributed by atoms with Crippen molar-refractivity contribution in [1.82, 2.24) is 0 Å². The minimum absolute atomic E-state index is 0. The quantitative estimate of drug-likeness (QED) is 0.281. The average molecular weight is 114 g/mol. The van der Waals surface area contributed by atoms with Gasteiger partial charge in [-0.2, -0.15) is 0 Å². The summed E-state index contributed by atoms with van der Waals surface area (Å²) in [5, 5.41) is 0. The summed E-state index contributed by atoms with van der Waals surface area (Å²) >= 11 is 0. The van der Waals surface area contributed by atoms with Gasteiger partial charge < -0.3 is 11.0 Å². The van der Waals surface area contributed by atoms with Crippen LogP contribution in [-0.4, -0.2) is 20.0 Å². The molecule has 0 saturated carbocycles. The molecule has 0 aromatic heterocycles. The molecule has 0 saturated heterocycles. The van der Waals surface area contributed by atoms with Crippen LogP contribution in [0.15, 0.2) is 0 Å². The molecular weight excluding hydrogens is 107 g/mol. The zero-order valence-electron chi connectivity index (χ0n) is 5.10. The first kappa shape index (κ1) is 10.3. The standard InChI is InChI=1S/C3H6O2.K.H/c1-5-3-2-4;;/h2H,3H2,1H3;;/q;+1;-1. The summed E-state index contributed by atoms with van der Waals surface area (Å²) in [5.74, 6) is 0. The maximum absolute atomic E-state index is 9.28. The molecule has 0 unspecified atom stereocenters. The molecule has 0 atom stereocenters. The Morgan fingerprint density at radius 3 is 2.50 bits per heavy atom. The van der Waals surface area contributed by atoms with E-state index in [0.717, 1.165) is 0 Å². The summed E-state index contributed by atoms with van der Waals surface area (Å²) in [6.07, 6.45) is 0.708. The first-order chi connectivity index (χ1) is 2.41. The van der Waals surface area contributed by atoms with Crippen LogP contribution in [0.5, 0.6) is 0 Å². The van der Waals surface area contributed by atoms with Crippen LogP contribution in [0.3, 0.4) is 0 Å². The van der Waals surface area contributed by atoms with Crippen LogP contribution in [-0.2, 0) is 9.53 Å². The molecule has 0 aliphatic carbocycles. The summed E-state index contributed by atoms with van der Waals surface area (Å²) in [7, 11) is 1.48. The van der Waals surface area contributed by atoms with Crippen LogP contribution in [0, 0.1) is 0 Å². The van der Waals surface area contributed by atoms with Crippen molar-refractivity contribution in [2.45, 2.75) is 0 Å². The summed E-state index contributed by atoms with van der Waals surface area (Å²) in [6.45, 7) is 0.208. The molecule has 0 aliphatic heterocycles. The Morgan fingerprint density at radius 2 is 2.50 bits per heavy atom. The van der Waals surface area contributed by atoms with Crippen molar-refractivity contribution in [3.8, 4) is 0 Å². The van der Waals surface area contributed by atoms with E-state index in [9.17, 15) is 4.79 Å². The number of methoxy groups -OCH3 is 1. The van der Waals surface area contributed by atoms with Crippen LogP contribution < -0.4 is 51.4 Å². The first-order valence-electron chi connectivity index (χ1n) is 1.34. The largest absolute Gasteiger partial charge is 1.00 e. The molecule has 3 heteroatoms. The van der Waals surface area contributed by atoms with Crippen molar-refractivity contribution in [2.75, 3.05) is 13.7 Å². The van der Waals surface area contributed by atoms with Crippen LogP contribution in [0.25, 0.3) is 0 Å². The maximum atomic E-state index is 9.28.